The predicted octanol–water partition coefficient (Wildman–Crippen LogP) is 4.09. The molecule has 0 radical (unpaired) electrons. The molecule has 1 atom stereocenters. The minimum atomic E-state index is -0.386. The fraction of sp³-hybridized carbons (Fsp3) is 0.933. The number of ether oxygens (including phenoxy) is 2. The molecular formula is C15H30O3. The second-order valence-electron chi connectivity index (χ2n) is 5.90. The Bertz CT molecular complexity index is 248. The minimum absolute atomic E-state index is 0.0852. The first-order valence-electron chi connectivity index (χ1n) is 7.08. The van der Waals surface area contributed by atoms with E-state index in [1.165, 1.54) is 6.92 Å². The Kier molecular flexibility index (Phi) is 7.53. The number of carbonyl (C=O) groups excluding carboxylic acids is 1. The van der Waals surface area contributed by atoms with Crippen LogP contribution in [-0.2, 0) is 14.3 Å². The molecule has 0 rings (SSSR count). The summed E-state index contributed by atoms with van der Waals surface area (Å²) in [6, 6.07) is 0. The van der Waals surface area contributed by atoms with Crippen molar-refractivity contribution in [3.8, 4) is 0 Å². The van der Waals surface area contributed by atoms with E-state index in [0.717, 1.165) is 32.1 Å². The second kappa shape index (κ2) is 7.78. The lowest BCUT2D eigenvalue weighted by Gasteiger charge is -2.31. The molecule has 0 amide bonds. The summed E-state index contributed by atoms with van der Waals surface area (Å²) in [5.74, 6) is -0.209. The van der Waals surface area contributed by atoms with Crippen molar-refractivity contribution in [3.63, 3.8) is 0 Å². The highest BCUT2D eigenvalue weighted by atomic mass is 16.6. The van der Waals surface area contributed by atoms with E-state index < -0.39 is 0 Å². The van der Waals surface area contributed by atoms with E-state index in [4.69, 9.17) is 9.47 Å². The van der Waals surface area contributed by atoms with E-state index in [1.807, 2.05) is 6.92 Å². The van der Waals surface area contributed by atoms with E-state index in [0.29, 0.717) is 6.61 Å². The maximum Gasteiger partial charge on any atom is 0.303 e. The molecule has 0 aliphatic rings. The molecule has 0 saturated carbocycles. The molecule has 0 N–H and O–H groups in total. The zero-order valence-corrected chi connectivity index (χ0v) is 13.0. The van der Waals surface area contributed by atoms with Gasteiger partial charge in [0.05, 0.1) is 12.2 Å². The molecule has 18 heavy (non-hydrogen) atoms. The van der Waals surface area contributed by atoms with Gasteiger partial charge in [0.1, 0.15) is 5.60 Å². The molecule has 0 saturated heterocycles. The second-order valence-corrected chi connectivity index (χ2v) is 5.90. The van der Waals surface area contributed by atoms with Crippen molar-refractivity contribution in [2.75, 3.05) is 6.61 Å². The Morgan fingerprint density at radius 2 is 1.56 bits per heavy atom. The number of hydrogen-bond acceptors (Lipinski definition) is 3. The van der Waals surface area contributed by atoms with Crippen molar-refractivity contribution in [1.29, 1.82) is 0 Å². The normalized spacial score (nSPS) is 15.2. The van der Waals surface area contributed by atoms with Crippen molar-refractivity contribution in [2.24, 2.45) is 0 Å². The molecule has 3 heteroatoms. The summed E-state index contributed by atoms with van der Waals surface area (Å²) >= 11 is 0. The van der Waals surface area contributed by atoms with Gasteiger partial charge in [-0.05, 0) is 33.6 Å². The van der Waals surface area contributed by atoms with Gasteiger partial charge >= 0.3 is 5.97 Å². The Labute approximate surface area is 112 Å². The first-order chi connectivity index (χ1) is 8.24. The molecule has 0 aromatic rings. The molecular weight excluding hydrogens is 228 g/mol. The van der Waals surface area contributed by atoms with Gasteiger partial charge in [-0.2, -0.15) is 0 Å². The van der Waals surface area contributed by atoms with Crippen molar-refractivity contribution in [3.05, 3.63) is 0 Å². The maximum atomic E-state index is 11.1. The Morgan fingerprint density at radius 1 is 1.00 bits per heavy atom. The maximum absolute atomic E-state index is 11.1. The Morgan fingerprint density at radius 3 is 2.00 bits per heavy atom. The lowest BCUT2D eigenvalue weighted by molar-refractivity contribution is -0.159. The smallest absolute Gasteiger partial charge is 0.303 e. The largest absolute Gasteiger partial charge is 0.459 e. The Balaban J connectivity index is 4.23. The molecule has 0 fully saturated rings. The fourth-order valence-corrected chi connectivity index (χ4v) is 2.32. The van der Waals surface area contributed by atoms with Gasteiger partial charge in [-0.1, -0.05) is 26.7 Å². The lowest BCUT2D eigenvalue weighted by atomic mass is 9.96. The summed E-state index contributed by atoms with van der Waals surface area (Å²) in [6.07, 6.45) is 4.80. The highest BCUT2D eigenvalue weighted by Crippen LogP contribution is 2.24. The van der Waals surface area contributed by atoms with E-state index in [2.05, 4.69) is 27.7 Å². The van der Waals surface area contributed by atoms with Crippen LogP contribution >= 0.6 is 0 Å². The third-order valence-corrected chi connectivity index (χ3v) is 3.14. The van der Waals surface area contributed by atoms with Gasteiger partial charge in [0.15, 0.2) is 0 Å². The quantitative estimate of drug-likeness (QED) is 0.584. The van der Waals surface area contributed by atoms with Crippen LogP contribution in [0.1, 0.15) is 73.6 Å². The van der Waals surface area contributed by atoms with Crippen molar-refractivity contribution >= 4 is 5.97 Å². The topological polar surface area (TPSA) is 35.5 Å². The zero-order valence-electron chi connectivity index (χ0n) is 13.0. The summed E-state index contributed by atoms with van der Waals surface area (Å²) in [6.45, 7) is 12.6. The molecule has 0 bridgehead atoms. The molecule has 1 unspecified atom stereocenters. The summed E-state index contributed by atoms with van der Waals surface area (Å²) in [7, 11) is 0. The molecule has 0 aliphatic carbocycles. The average molecular weight is 258 g/mol. The minimum Gasteiger partial charge on any atom is -0.459 e. The van der Waals surface area contributed by atoms with Gasteiger partial charge in [-0.25, -0.2) is 0 Å². The van der Waals surface area contributed by atoms with E-state index in [9.17, 15) is 4.79 Å². The molecule has 3 nitrogen and oxygen atoms in total. The van der Waals surface area contributed by atoms with Crippen LogP contribution in [-0.4, -0.2) is 23.8 Å². The fourth-order valence-electron chi connectivity index (χ4n) is 2.32. The summed E-state index contributed by atoms with van der Waals surface area (Å²) in [4.78, 5) is 11.1. The molecule has 0 aromatic carbocycles. The van der Waals surface area contributed by atoms with Crippen LogP contribution in [0.15, 0.2) is 0 Å². The van der Waals surface area contributed by atoms with Crippen molar-refractivity contribution in [1.82, 2.24) is 0 Å². The molecule has 0 spiro atoms. The number of rotatable bonds is 9. The summed E-state index contributed by atoms with van der Waals surface area (Å²) < 4.78 is 11.3. The molecule has 0 aliphatic heterocycles. The molecule has 0 aromatic heterocycles. The van der Waals surface area contributed by atoms with Crippen LogP contribution < -0.4 is 0 Å². The summed E-state index contributed by atoms with van der Waals surface area (Å²) in [5.41, 5.74) is -0.471. The van der Waals surface area contributed by atoms with E-state index >= 15 is 0 Å². The van der Waals surface area contributed by atoms with Crippen LogP contribution in [0.5, 0.6) is 0 Å². The van der Waals surface area contributed by atoms with Gasteiger partial charge in [0.25, 0.3) is 0 Å². The SMILES string of the molecule is CCCC(C)(C)OCCC(C)(CCC)OC(C)=O. The lowest BCUT2D eigenvalue weighted by Crippen LogP contribution is -2.34. The Hall–Kier alpha value is -0.570. The molecule has 108 valence electrons. The zero-order chi connectivity index (χ0) is 14.2. The average Bonchev–Trinajstić information content (AvgIpc) is 2.15. The third kappa shape index (κ3) is 7.70. The highest BCUT2D eigenvalue weighted by Gasteiger charge is 2.27. The number of hydrogen-bond donors (Lipinski definition) is 0. The van der Waals surface area contributed by atoms with Gasteiger partial charge in [0, 0.05) is 13.3 Å². The van der Waals surface area contributed by atoms with Crippen LogP contribution in [0.25, 0.3) is 0 Å². The van der Waals surface area contributed by atoms with Gasteiger partial charge in [-0.3, -0.25) is 4.79 Å². The van der Waals surface area contributed by atoms with Gasteiger partial charge in [0.2, 0.25) is 0 Å². The third-order valence-electron chi connectivity index (χ3n) is 3.14. The number of carbonyl (C=O) groups is 1. The van der Waals surface area contributed by atoms with Gasteiger partial charge < -0.3 is 9.47 Å². The monoisotopic (exact) mass is 258 g/mol. The van der Waals surface area contributed by atoms with Crippen molar-refractivity contribution < 1.29 is 14.3 Å². The highest BCUT2D eigenvalue weighted by molar-refractivity contribution is 5.66. The van der Waals surface area contributed by atoms with Crippen LogP contribution in [0.2, 0.25) is 0 Å². The van der Waals surface area contributed by atoms with Crippen LogP contribution in [0.3, 0.4) is 0 Å². The predicted molar refractivity (Wildman–Crippen MR) is 74.6 cm³/mol. The molecule has 0 heterocycles. The first kappa shape index (κ1) is 17.4. The number of esters is 1. The van der Waals surface area contributed by atoms with Crippen LogP contribution in [0, 0.1) is 0 Å². The summed E-state index contributed by atoms with van der Waals surface area (Å²) in [5, 5.41) is 0. The van der Waals surface area contributed by atoms with Crippen molar-refractivity contribution in [2.45, 2.75) is 84.8 Å². The van der Waals surface area contributed by atoms with E-state index in [1.54, 1.807) is 0 Å². The standard InChI is InChI=1S/C15H30O3/c1-7-9-14(4,5)17-12-11-15(6,10-8-2)18-13(3)16/h7-12H2,1-6H3. The van der Waals surface area contributed by atoms with Gasteiger partial charge in [-0.15, -0.1) is 0 Å². The first-order valence-corrected chi connectivity index (χ1v) is 7.08. The van der Waals surface area contributed by atoms with Crippen LogP contribution in [0.4, 0.5) is 0 Å². The van der Waals surface area contributed by atoms with E-state index in [-0.39, 0.29) is 17.2 Å².